The maximum atomic E-state index is 14.0. The van der Waals surface area contributed by atoms with Crippen molar-refractivity contribution in [3.8, 4) is 11.5 Å². The van der Waals surface area contributed by atoms with Crippen LogP contribution in [-0.4, -0.2) is 43.5 Å². The molecule has 0 aliphatic carbocycles. The van der Waals surface area contributed by atoms with Crippen LogP contribution in [0.2, 0.25) is 0 Å². The van der Waals surface area contributed by atoms with Crippen LogP contribution < -0.4 is 14.8 Å². The van der Waals surface area contributed by atoms with E-state index in [1.807, 2.05) is 66.7 Å². The molecule has 0 fully saturated rings. The lowest BCUT2D eigenvalue weighted by Crippen LogP contribution is -2.51. The number of carbonyl (C=O) groups excluding carboxylic acids is 2. The van der Waals surface area contributed by atoms with Crippen LogP contribution in [-0.2, 0) is 35.4 Å². The van der Waals surface area contributed by atoms with E-state index in [9.17, 15) is 14.0 Å². The highest BCUT2D eigenvalue weighted by Crippen LogP contribution is 2.28. The van der Waals surface area contributed by atoms with Crippen molar-refractivity contribution in [2.45, 2.75) is 31.8 Å². The average molecular weight is 555 g/mol. The molecule has 7 heteroatoms. The molecule has 1 atom stereocenters. The van der Waals surface area contributed by atoms with E-state index < -0.39 is 6.04 Å². The van der Waals surface area contributed by atoms with Crippen molar-refractivity contribution in [1.82, 2.24) is 10.2 Å². The minimum absolute atomic E-state index is 0.0458. The first-order valence-corrected chi connectivity index (χ1v) is 13.6. The Hall–Kier alpha value is -4.65. The van der Waals surface area contributed by atoms with Crippen LogP contribution in [0.1, 0.15) is 22.3 Å². The molecule has 1 unspecified atom stereocenters. The first-order valence-electron chi connectivity index (χ1n) is 13.6. The maximum absolute atomic E-state index is 14.0. The van der Waals surface area contributed by atoms with E-state index in [0.29, 0.717) is 30.9 Å². The van der Waals surface area contributed by atoms with Crippen molar-refractivity contribution < 1.29 is 23.5 Å². The van der Waals surface area contributed by atoms with E-state index in [4.69, 9.17) is 9.47 Å². The van der Waals surface area contributed by atoms with Crippen LogP contribution in [0.3, 0.4) is 0 Å². The minimum atomic E-state index is -0.786. The number of hydrogen-bond acceptors (Lipinski definition) is 4. The van der Waals surface area contributed by atoms with Crippen molar-refractivity contribution in [3.63, 3.8) is 0 Å². The number of rotatable bonds is 13. The first-order chi connectivity index (χ1) is 20.0. The third-order valence-corrected chi connectivity index (χ3v) is 6.90. The SMILES string of the molecule is COc1ccc(CC(=O)N(Cc2ccc(F)cc2)C(Cc2ccccc2)C(=O)NCCc2ccccc2)cc1OC. The zero-order valence-electron chi connectivity index (χ0n) is 23.4. The summed E-state index contributed by atoms with van der Waals surface area (Å²) in [5.74, 6) is 0.235. The molecular weight excluding hydrogens is 519 g/mol. The lowest BCUT2D eigenvalue weighted by molar-refractivity contribution is -0.140. The van der Waals surface area contributed by atoms with Crippen molar-refractivity contribution in [2.75, 3.05) is 20.8 Å². The maximum Gasteiger partial charge on any atom is 0.243 e. The second-order valence-electron chi connectivity index (χ2n) is 9.75. The monoisotopic (exact) mass is 554 g/mol. The van der Waals surface area contributed by atoms with Crippen LogP contribution in [0.5, 0.6) is 11.5 Å². The number of nitrogens with zero attached hydrogens (tertiary/aromatic N) is 1. The Labute approximate surface area is 240 Å². The molecule has 0 spiro atoms. The fourth-order valence-corrected chi connectivity index (χ4v) is 4.70. The smallest absolute Gasteiger partial charge is 0.243 e. The van der Waals surface area contributed by atoms with Gasteiger partial charge in [-0.1, -0.05) is 78.9 Å². The van der Waals surface area contributed by atoms with Gasteiger partial charge >= 0.3 is 0 Å². The highest BCUT2D eigenvalue weighted by atomic mass is 19.1. The number of carbonyl (C=O) groups is 2. The molecule has 0 bridgehead atoms. The molecule has 2 amide bonds. The summed E-state index contributed by atoms with van der Waals surface area (Å²) < 4.78 is 24.4. The number of nitrogens with one attached hydrogen (secondary N) is 1. The standard InChI is InChI=1S/C34H35FN2O4/c1-40-31-18-15-28(22-32(31)41-2)23-33(38)37(24-27-13-16-29(35)17-14-27)30(21-26-11-7-4-8-12-26)34(39)36-20-19-25-9-5-3-6-10-25/h3-18,22,30H,19-21,23-24H2,1-2H3,(H,36,39). The predicted molar refractivity (Wildman–Crippen MR) is 157 cm³/mol. The highest BCUT2D eigenvalue weighted by Gasteiger charge is 2.30. The zero-order valence-corrected chi connectivity index (χ0v) is 23.4. The predicted octanol–water partition coefficient (Wildman–Crippen LogP) is 5.38. The van der Waals surface area contributed by atoms with Gasteiger partial charge in [-0.3, -0.25) is 9.59 Å². The molecule has 0 aliphatic rings. The van der Waals surface area contributed by atoms with Crippen LogP contribution in [0.25, 0.3) is 0 Å². The molecule has 6 nitrogen and oxygen atoms in total. The third kappa shape index (κ3) is 8.42. The molecule has 0 radical (unpaired) electrons. The average Bonchev–Trinajstić information content (AvgIpc) is 3.00. The van der Waals surface area contributed by atoms with Gasteiger partial charge in [0.15, 0.2) is 11.5 Å². The van der Waals surface area contributed by atoms with E-state index in [2.05, 4.69) is 5.32 Å². The topological polar surface area (TPSA) is 67.9 Å². The van der Waals surface area contributed by atoms with E-state index in [1.165, 1.54) is 12.1 Å². The van der Waals surface area contributed by atoms with Gasteiger partial charge < -0.3 is 19.7 Å². The van der Waals surface area contributed by atoms with Crippen molar-refractivity contribution >= 4 is 11.8 Å². The van der Waals surface area contributed by atoms with Crippen molar-refractivity contribution in [3.05, 3.63) is 131 Å². The van der Waals surface area contributed by atoms with E-state index in [0.717, 1.165) is 22.3 Å². The largest absolute Gasteiger partial charge is 0.493 e. The Bertz CT molecular complexity index is 1410. The highest BCUT2D eigenvalue weighted by molar-refractivity contribution is 5.89. The van der Waals surface area contributed by atoms with Gasteiger partial charge in [-0.05, 0) is 52.9 Å². The number of ether oxygens (including phenoxy) is 2. The number of methoxy groups -OCH3 is 2. The van der Waals surface area contributed by atoms with Gasteiger partial charge in [-0.25, -0.2) is 4.39 Å². The molecule has 4 aromatic carbocycles. The Kier molecular flexibility index (Phi) is 10.5. The zero-order chi connectivity index (χ0) is 29.0. The second kappa shape index (κ2) is 14.7. The van der Waals surface area contributed by atoms with Gasteiger partial charge in [-0.15, -0.1) is 0 Å². The number of benzene rings is 4. The van der Waals surface area contributed by atoms with Gasteiger partial charge in [0.05, 0.1) is 20.6 Å². The summed E-state index contributed by atoms with van der Waals surface area (Å²) in [4.78, 5) is 29.3. The van der Waals surface area contributed by atoms with E-state index in [-0.39, 0.29) is 30.6 Å². The van der Waals surface area contributed by atoms with Crippen LogP contribution in [0, 0.1) is 5.82 Å². The lowest BCUT2D eigenvalue weighted by atomic mass is 10.0. The molecule has 0 saturated carbocycles. The van der Waals surface area contributed by atoms with Crippen LogP contribution >= 0.6 is 0 Å². The molecule has 4 aromatic rings. The molecule has 0 aliphatic heterocycles. The van der Waals surface area contributed by atoms with Crippen LogP contribution in [0.15, 0.2) is 103 Å². The summed E-state index contributed by atoms with van der Waals surface area (Å²) in [7, 11) is 3.09. The van der Waals surface area contributed by atoms with Crippen molar-refractivity contribution in [1.29, 1.82) is 0 Å². The Balaban J connectivity index is 1.62. The Morgan fingerprint density at radius 3 is 2.00 bits per heavy atom. The fraction of sp³-hybridized carbons (Fsp3) is 0.235. The van der Waals surface area contributed by atoms with Crippen molar-refractivity contribution in [2.24, 2.45) is 0 Å². The summed E-state index contributed by atoms with van der Waals surface area (Å²) in [5, 5.41) is 3.05. The molecule has 4 rings (SSSR count). The van der Waals surface area contributed by atoms with E-state index in [1.54, 1.807) is 43.4 Å². The molecule has 1 N–H and O–H groups in total. The number of hydrogen-bond donors (Lipinski definition) is 1. The first kappa shape index (κ1) is 29.3. The summed E-state index contributed by atoms with van der Waals surface area (Å²) in [6, 6.07) is 30.1. The number of amides is 2. The number of halogens is 1. The summed E-state index contributed by atoms with van der Waals surface area (Å²) in [6.45, 7) is 0.582. The van der Waals surface area contributed by atoms with Gasteiger partial charge in [0.1, 0.15) is 11.9 Å². The van der Waals surface area contributed by atoms with Gasteiger partial charge in [-0.2, -0.15) is 0 Å². The van der Waals surface area contributed by atoms with Crippen LogP contribution in [0.4, 0.5) is 4.39 Å². The minimum Gasteiger partial charge on any atom is -0.493 e. The molecule has 0 heterocycles. The lowest BCUT2D eigenvalue weighted by Gasteiger charge is -2.32. The Morgan fingerprint density at radius 1 is 0.756 bits per heavy atom. The normalized spacial score (nSPS) is 11.4. The van der Waals surface area contributed by atoms with Gasteiger partial charge in [0.25, 0.3) is 0 Å². The third-order valence-electron chi connectivity index (χ3n) is 6.90. The Morgan fingerprint density at radius 2 is 1.37 bits per heavy atom. The fourth-order valence-electron chi connectivity index (χ4n) is 4.70. The quantitative estimate of drug-likeness (QED) is 0.241. The summed E-state index contributed by atoms with van der Waals surface area (Å²) in [5.41, 5.74) is 3.49. The van der Waals surface area contributed by atoms with Gasteiger partial charge in [0, 0.05) is 19.5 Å². The molecule has 0 aromatic heterocycles. The van der Waals surface area contributed by atoms with E-state index >= 15 is 0 Å². The second-order valence-corrected chi connectivity index (χ2v) is 9.75. The summed E-state index contributed by atoms with van der Waals surface area (Å²) in [6.07, 6.45) is 1.04. The molecular formula is C34H35FN2O4. The van der Waals surface area contributed by atoms with Gasteiger partial charge in [0.2, 0.25) is 11.8 Å². The molecule has 212 valence electrons. The molecule has 0 saturated heterocycles. The summed E-state index contributed by atoms with van der Waals surface area (Å²) >= 11 is 0. The molecule has 41 heavy (non-hydrogen) atoms.